The van der Waals surface area contributed by atoms with E-state index in [-0.39, 0.29) is 0 Å². The topological polar surface area (TPSA) is 12.0 Å². The van der Waals surface area contributed by atoms with Crippen molar-refractivity contribution >= 4 is 0 Å². The lowest BCUT2D eigenvalue weighted by Gasteiger charge is -2.10. The summed E-state index contributed by atoms with van der Waals surface area (Å²) in [6, 6.07) is -0.477. The van der Waals surface area contributed by atoms with Crippen LogP contribution in [0.1, 0.15) is 6.42 Å². The van der Waals surface area contributed by atoms with Gasteiger partial charge in [0, 0.05) is 0 Å². The summed E-state index contributed by atoms with van der Waals surface area (Å²) in [6.45, 7) is 0.819. The molecule has 0 radical (unpaired) electrons. The molecule has 0 amide bonds. The molecule has 1 aliphatic carbocycles. The smallest absolute Gasteiger partial charge is 0.253 e. The highest BCUT2D eigenvalue weighted by atomic mass is 19.3. The van der Waals surface area contributed by atoms with Crippen LogP contribution in [0.25, 0.3) is 0 Å². The SMILES string of the molecule is FC(F)C1NCC2CC21. The molecule has 0 aromatic carbocycles. The lowest BCUT2D eigenvalue weighted by atomic mass is 10.2. The Kier molecular flexibility index (Phi) is 1.03. The van der Waals surface area contributed by atoms with Crippen molar-refractivity contribution in [3.63, 3.8) is 0 Å². The number of nitrogens with one attached hydrogen (secondary N) is 1. The summed E-state index contributed by atoms with van der Waals surface area (Å²) < 4.78 is 23.9. The highest BCUT2D eigenvalue weighted by Gasteiger charge is 2.51. The molecule has 1 N–H and O–H groups in total. The van der Waals surface area contributed by atoms with Crippen LogP contribution in [0.5, 0.6) is 0 Å². The lowest BCUT2D eigenvalue weighted by Crippen LogP contribution is -2.33. The first-order chi connectivity index (χ1) is 4.29. The molecule has 3 atom stereocenters. The number of hydrogen-bond acceptors (Lipinski definition) is 1. The second-order valence-electron chi connectivity index (χ2n) is 2.93. The van der Waals surface area contributed by atoms with E-state index in [4.69, 9.17) is 0 Å². The van der Waals surface area contributed by atoms with Crippen LogP contribution in [0.15, 0.2) is 0 Å². The summed E-state index contributed by atoms with van der Waals surface area (Å²) in [5.74, 6) is 0.897. The zero-order chi connectivity index (χ0) is 6.43. The highest BCUT2D eigenvalue weighted by Crippen LogP contribution is 2.46. The molecule has 52 valence electrons. The van der Waals surface area contributed by atoms with Gasteiger partial charge in [-0.3, -0.25) is 0 Å². The summed E-state index contributed by atoms with van der Waals surface area (Å²) in [6.07, 6.45) is -1.12. The zero-order valence-electron chi connectivity index (χ0n) is 4.98. The molecule has 1 heterocycles. The van der Waals surface area contributed by atoms with E-state index in [1.165, 1.54) is 0 Å². The average Bonchev–Trinajstić information content (AvgIpc) is 2.43. The van der Waals surface area contributed by atoms with Crippen molar-refractivity contribution < 1.29 is 8.78 Å². The highest BCUT2D eigenvalue weighted by molar-refractivity contribution is 5.03. The van der Waals surface area contributed by atoms with Crippen molar-refractivity contribution in [2.24, 2.45) is 11.8 Å². The molecule has 0 aromatic heterocycles. The van der Waals surface area contributed by atoms with Gasteiger partial charge < -0.3 is 5.32 Å². The first-order valence-corrected chi connectivity index (χ1v) is 3.30. The Hall–Kier alpha value is -0.180. The van der Waals surface area contributed by atoms with E-state index in [2.05, 4.69) is 5.32 Å². The standard InChI is InChI=1S/C6H9F2N/c7-6(8)5-4-1-3(4)2-9-5/h3-6,9H,1-2H2. The van der Waals surface area contributed by atoms with Crippen molar-refractivity contribution in [2.75, 3.05) is 6.54 Å². The van der Waals surface area contributed by atoms with Crippen LogP contribution in [-0.2, 0) is 0 Å². The van der Waals surface area contributed by atoms with E-state index in [1.807, 2.05) is 0 Å². The summed E-state index contributed by atoms with van der Waals surface area (Å²) in [7, 11) is 0. The van der Waals surface area contributed by atoms with Crippen molar-refractivity contribution in [2.45, 2.75) is 18.9 Å². The molecule has 1 saturated heterocycles. The van der Waals surface area contributed by atoms with Gasteiger partial charge in [-0.05, 0) is 24.8 Å². The second-order valence-corrected chi connectivity index (χ2v) is 2.93. The molecule has 2 rings (SSSR count). The molecular weight excluding hydrogens is 124 g/mol. The fraction of sp³-hybridized carbons (Fsp3) is 1.00. The van der Waals surface area contributed by atoms with Gasteiger partial charge in [0.05, 0.1) is 6.04 Å². The largest absolute Gasteiger partial charge is 0.308 e. The molecule has 0 bridgehead atoms. The Morgan fingerprint density at radius 3 is 2.44 bits per heavy atom. The number of rotatable bonds is 1. The molecule has 1 aliphatic heterocycles. The fourth-order valence-electron chi connectivity index (χ4n) is 1.66. The van der Waals surface area contributed by atoms with Gasteiger partial charge >= 0.3 is 0 Å². The Balaban J connectivity index is 1.98. The average molecular weight is 133 g/mol. The first kappa shape index (κ1) is 5.59. The minimum Gasteiger partial charge on any atom is -0.308 e. The van der Waals surface area contributed by atoms with E-state index in [0.29, 0.717) is 11.8 Å². The summed E-state index contributed by atoms with van der Waals surface area (Å²) in [4.78, 5) is 0. The molecule has 0 aromatic rings. The summed E-state index contributed by atoms with van der Waals surface area (Å²) in [5.41, 5.74) is 0. The van der Waals surface area contributed by atoms with E-state index in [0.717, 1.165) is 13.0 Å². The maximum absolute atomic E-state index is 12.0. The number of hydrogen-bond donors (Lipinski definition) is 1. The summed E-state index contributed by atoms with van der Waals surface area (Å²) >= 11 is 0. The number of piperidine rings is 1. The lowest BCUT2D eigenvalue weighted by molar-refractivity contribution is 0.0975. The molecule has 0 spiro atoms. The van der Waals surface area contributed by atoms with Crippen LogP contribution in [-0.4, -0.2) is 19.0 Å². The summed E-state index contributed by atoms with van der Waals surface area (Å²) in [5, 5.41) is 2.81. The van der Waals surface area contributed by atoms with E-state index in [9.17, 15) is 8.78 Å². The van der Waals surface area contributed by atoms with E-state index >= 15 is 0 Å². The van der Waals surface area contributed by atoms with Crippen LogP contribution >= 0.6 is 0 Å². The van der Waals surface area contributed by atoms with Crippen LogP contribution < -0.4 is 5.32 Å². The molecular formula is C6H9F2N. The molecule has 3 heteroatoms. The number of fused-ring (bicyclic) bond motifs is 1. The van der Waals surface area contributed by atoms with Crippen molar-refractivity contribution in [3.8, 4) is 0 Å². The first-order valence-electron chi connectivity index (χ1n) is 3.30. The van der Waals surface area contributed by atoms with Crippen molar-refractivity contribution in [1.82, 2.24) is 5.32 Å². The molecule has 1 saturated carbocycles. The Bertz CT molecular complexity index is 126. The van der Waals surface area contributed by atoms with Gasteiger partial charge in [0.25, 0.3) is 6.43 Å². The quantitative estimate of drug-likeness (QED) is 0.559. The van der Waals surface area contributed by atoms with Gasteiger partial charge in [0.1, 0.15) is 0 Å². The predicted octanol–water partition coefficient (Wildman–Crippen LogP) is 0.859. The Morgan fingerprint density at radius 1 is 1.44 bits per heavy atom. The van der Waals surface area contributed by atoms with E-state index in [1.54, 1.807) is 0 Å². The maximum atomic E-state index is 12.0. The second kappa shape index (κ2) is 1.66. The van der Waals surface area contributed by atoms with Gasteiger partial charge in [-0.25, -0.2) is 8.78 Å². The monoisotopic (exact) mass is 133 g/mol. The Labute approximate surface area is 52.4 Å². The van der Waals surface area contributed by atoms with E-state index < -0.39 is 12.5 Å². The molecule has 2 aliphatic rings. The molecule has 3 unspecified atom stereocenters. The van der Waals surface area contributed by atoms with Crippen molar-refractivity contribution in [3.05, 3.63) is 0 Å². The number of halogens is 2. The van der Waals surface area contributed by atoms with Gasteiger partial charge in [-0.15, -0.1) is 0 Å². The zero-order valence-corrected chi connectivity index (χ0v) is 4.98. The van der Waals surface area contributed by atoms with Crippen molar-refractivity contribution in [1.29, 1.82) is 0 Å². The van der Waals surface area contributed by atoms with Crippen LogP contribution in [0, 0.1) is 11.8 Å². The van der Waals surface area contributed by atoms with Gasteiger partial charge in [0.2, 0.25) is 0 Å². The van der Waals surface area contributed by atoms with Crippen LogP contribution in [0.3, 0.4) is 0 Å². The Morgan fingerprint density at radius 2 is 2.22 bits per heavy atom. The third-order valence-corrected chi connectivity index (χ3v) is 2.33. The minimum absolute atomic E-state index is 0.310. The van der Waals surface area contributed by atoms with Crippen LogP contribution in [0.4, 0.5) is 8.78 Å². The van der Waals surface area contributed by atoms with Crippen LogP contribution in [0.2, 0.25) is 0 Å². The van der Waals surface area contributed by atoms with Gasteiger partial charge in [-0.1, -0.05) is 0 Å². The fourth-order valence-corrected chi connectivity index (χ4v) is 1.66. The number of alkyl halides is 2. The third kappa shape index (κ3) is 0.748. The van der Waals surface area contributed by atoms with Gasteiger partial charge in [-0.2, -0.15) is 0 Å². The van der Waals surface area contributed by atoms with Gasteiger partial charge in [0.15, 0.2) is 0 Å². The maximum Gasteiger partial charge on any atom is 0.253 e. The molecule has 9 heavy (non-hydrogen) atoms. The third-order valence-electron chi connectivity index (χ3n) is 2.33. The molecule has 1 nitrogen and oxygen atoms in total. The minimum atomic E-state index is -2.15. The predicted molar refractivity (Wildman–Crippen MR) is 29.4 cm³/mol. The molecule has 2 fully saturated rings. The normalized spacial score (nSPS) is 47.7.